The number of pyridine rings is 1. The van der Waals surface area contributed by atoms with Gasteiger partial charge in [-0.05, 0) is 35.0 Å². The van der Waals surface area contributed by atoms with Gasteiger partial charge in [0.2, 0.25) is 0 Å². The molecular weight excluding hydrogens is 278 g/mol. The van der Waals surface area contributed by atoms with E-state index in [1.54, 1.807) is 0 Å². The van der Waals surface area contributed by atoms with Gasteiger partial charge in [0.1, 0.15) is 0 Å². The average Bonchev–Trinajstić information content (AvgIpc) is 2.75. The molecule has 0 fully saturated rings. The summed E-state index contributed by atoms with van der Waals surface area (Å²) in [5, 5.41) is 8.40. The molecule has 3 aromatic rings. The van der Waals surface area contributed by atoms with Gasteiger partial charge in [-0.2, -0.15) is 0 Å². The number of nitrogens with zero attached hydrogens (tertiary/aromatic N) is 3. The first-order valence-corrected chi connectivity index (χ1v) is 6.12. The van der Waals surface area contributed by atoms with E-state index in [9.17, 15) is 0 Å². The van der Waals surface area contributed by atoms with Gasteiger partial charge in [-0.15, -0.1) is 10.2 Å². The van der Waals surface area contributed by atoms with E-state index < -0.39 is 0 Å². The molecule has 0 atom stereocenters. The van der Waals surface area contributed by atoms with Gasteiger partial charge in [0.05, 0.1) is 4.60 Å². The number of fused-ring (bicyclic) bond motifs is 1. The molecule has 0 saturated heterocycles. The molecular formula is C13H10BrN3. The number of hydrogen-bond donors (Lipinski definition) is 0. The Morgan fingerprint density at radius 1 is 1.00 bits per heavy atom. The van der Waals surface area contributed by atoms with Crippen LogP contribution in [0.25, 0.3) is 17.0 Å². The molecule has 0 amide bonds. The van der Waals surface area contributed by atoms with E-state index in [-0.39, 0.29) is 0 Å². The molecule has 3 rings (SSSR count). The van der Waals surface area contributed by atoms with Crippen molar-refractivity contribution in [2.24, 2.45) is 0 Å². The Morgan fingerprint density at radius 3 is 2.53 bits per heavy atom. The van der Waals surface area contributed by atoms with E-state index in [0.717, 1.165) is 21.6 Å². The minimum absolute atomic E-state index is 0.843. The average molecular weight is 288 g/mol. The molecule has 4 heteroatoms. The van der Waals surface area contributed by atoms with E-state index >= 15 is 0 Å². The Bertz CT molecular complexity index is 671. The van der Waals surface area contributed by atoms with Crippen LogP contribution in [0.5, 0.6) is 0 Å². The molecule has 0 radical (unpaired) electrons. The van der Waals surface area contributed by atoms with Crippen molar-refractivity contribution >= 4 is 21.6 Å². The van der Waals surface area contributed by atoms with E-state index in [1.165, 1.54) is 5.56 Å². The van der Waals surface area contributed by atoms with Crippen LogP contribution in [0.3, 0.4) is 0 Å². The van der Waals surface area contributed by atoms with Gasteiger partial charge in [-0.3, -0.25) is 4.40 Å². The topological polar surface area (TPSA) is 30.2 Å². The Hall–Kier alpha value is -1.68. The highest BCUT2D eigenvalue weighted by Crippen LogP contribution is 2.22. The first-order chi connectivity index (χ1) is 8.25. The molecule has 3 nitrogen and oxygen atoms in total. The molecule has 0 aliphatic rings. The minimum atomic E-state index is 0.843. The molecule has 0 aliphatic heterocycles. The molecule has 0 aliphatic carbocycles. The van der Waals surface area contributed by atoms with E-state index in [1.807, 2.05) is 22.6 Å². The summed E-state index contributed by atoms with van der Waals surface area (Å²) in [6.45, 7) is 2.07. The highest BCUT2D eigenvalue weighted by Gasteiger charge is 2.09. The zero-order chi connectivity index (χ0) is 11.8. The molecule has 2 heterocycles. The lowest BCUT2D eigenvalue weighted by atomic mass is 10.1. The number of benzene rings is 1. The summed E-state index contributed by atoms with van der Waals surface area (Å²) in [7, 11) is 0. The molecule has 0 spiro atoms. The van der Waals surface area contributed by atoms with Crippen molar-refractivity contribution in [1.82, 2.24) is 14.6 Å². The van der Waals surface area contributed by atoms with Gasteiger partial charge in [-0.25, -0.2) is 0 Å². The third kappa shape index (κ3) is 1.74. The van der Waals surface area contributed by atoms with Gasteiger partial charge < -0.3 is 0 Å². The lowest BCUT2D eigenvalue weighted by Crippen LogP contribution is -1.91. The van der Waals surface area contributed by atoms with Crippen LogP contribution in [0.4, 0.5) is 0 Å². The fourth-order valence-corrected chi connectivity index (χ4v) is 2.29. The molecule has 1 aromatic carbocycles. The van der Waals surface area contributed by atoms with Crippen molar-refractivity contribution in [3.05, 3.63) is 52.6 Å². The predicted molar refractivity (Wildman–Crippen MR) is 70.9 cm³/mol. The van der Waals surface area contributed by atoms with Crippen molar-refractivity contribution in [2.45, 2.75) is 6.92 Å². The van der Waals surface area contributed by atoms with Crippen molar-refractivity contribution < 1.29 is 0 Å². The summed E-state index contributed by atoms with van der Waals surface area (Å²) in [5.74, 6) is 0.854. The Balaban J connectivity index is 2.27. The van der Waals surface area contributed by atoms with Crippen LogP contribution in [0.15, 0.2) is 47.1 Å². The summed E-state index contributed by atoms with van der Waals surface area (Å²) >= 11 is 3.52. The number of aryl methyl sites for hydroxylation is 1. The summed E-state index contributed by atoms with van der Waals surface area (Å²) in [6, 6.07) is 14.1. The molecule has 17 heavy (non-hydrogen) atoms. The fourth-order valence-electron chi connectivity index (χ4n) is 1.79. The second-order valence-electron chi connectivity index (χ2n) is 3.93. The number of halogens is 1. The molecule has 2 aromatic heterocycles. The highest BCUT2D eigenvalue weighted by molar-refractivity contribution is 9.10. The van der Waals surface area contributed by atoms with Gasteiger partial charge in [0.25, 0.3) is 0 Å². The van der Waals surface area contributed by atoms with Gasteiger partial charge in [-0.1, -0.05) is 35.9 Å². The van der Waals surface area contributed by atoms with Gasteiger partial charge in [0.15, 0.2) is 11.5 Å². The maximum atomic E-state index is 4.24. The van der Waals surface area contributed by atoms with Gasteiger partial charge in [0, 0.05) is 5.56 Å². The summed E-state index contributed by atoms with van der Waals surface area (Å²) in [4.78, 5) is 0. The van der Waals surface area contributed by atoms with Crippen LogP contribution < -0.4 is 0 Å². The van der Waals surface area contributed by atoms with Crippen molar-refractivity contribution in [3.63, 3.8) is 0 Å². The second kappa shape index (κ2) is 3.96. The van der Waals surface area contributed by atoms with Crippen LogP contribution in [0.2, 0.25) is 0 Å². The number of aromatic nitrogens is 3. The molecule has 0 bridgehead atoms. The van der Waals surface area contributed by atoms with Gasteiger partial charge >= 0.3 is 0 Å². The largest absolute Gasteiger partial charge is 0.269 e. The zero-order valence-corrected chi connectivity index (χ0v) is 10.8. The van der Waals surface area contributed by atoms with Crippen LogP contribution in [-0.2, 0) is 0 Å². The smallest absolute Gasteiger partial charge is 0.169 e. The lowest BCUT2D eigenvalue weighted by Gasteiger charge is -2.02. The summed E-state index contributed by atoms with van der Waals surface area (Å²) < 4.78 is 2.94. The molecule has 0 N–H and O–H groups in total. The summed E-state index contributed by atoms with van der Waals surface area (Å²) in [5.41, 5.74) is 3.14. The standard InChI is InChI=1S/C13H10BrN3/c1-9-5-7-10(8-6-9)13-16-15-12-4-2-3-11(14)17(12)13/h2-8H,1H3. The third-order valence-electron chi connectivity index (χ3n) is 2.69. The Kier molecular flexibility index (Phi) is 2.44. The second-order valence-corrected chi connectivity index (χ2v) is 4.74. The van der Waals surface area contributed by atoms with E-state index in [2.05, 4.69) is 57.3 Å². The first kappa shape index (κ1) is 10.5. The first-order valence-electron chi connectivity index (χ1n) is 5.32. The monoisotopic (exact) mass is 287 g/mol. The minimum Gasteiger partial charge on any atom is -0.269 e. The zero-order valence-electron chi connectivity index (χ0n) is 9.26. The SMILES string of the molecule is Cc1ccc(-c2nnc3cccc(Br)n23)cc1. The number of hydrogen-bond acceptors (Lipinski definition) is 2. The number of rotatable bonds is 1. The molecule has 0 unspecified atom stereocenters. The predicted octanol–water partition coefficient (Wildman–Crippen LogP) is 3.47. The quantitative estimate of drug-likeness (QED) is 0.642. The Labute approximate surface area is 107 Å². The lowest BCUT2D eigenvalue weighted by molar-refractivity contribution is 1.10. The van der Waals surface area contributed by atoms with E-state index in [0.29, 0.717) is 0 Å². The molecule has 0 saturated carbocycles. The van der Waals surface area contributed by atoms with Crippen LogP contribution in [0, 0.1) is 6.92 Å². The molecule has 84 valence electrons. The van der Waals surface area contributed by atoms with Crippen LogP contribution in [0.1, 0.15) is 5.56 Å². The van der Waals surface area contributed by atoms with Crippen molar-refractivity contribution in [3.8, 4) is 11.4 Å². The van der Waals surface area contributed by atoms with Crippen LogP contribution in [-0.4, -0.2) is 14.6 Å². The van der Waals surface area contributed by atoms with Crippen molar-refractivity contribution in [2.75, 3.05) is 0 Å². The normalized spacial score (nSPS) is 10.9. The Morgan fingerprint density at radius 2 is 1.76 bits per heavy atom. The third-order valence-corrected chi connectivity index (χ3v) is 3.31. The van der Waals surface area contributed by atoms with E-state index in [4.69, 9.17) is 0 Å². The fraction of sp³-hybridized carbons (Fsp3) is 0.0769. The maximum Gasteiger partial charge on any atom is 0.169 e. The van der Waals surface area contributed by atoms with Crippen LogP contribution >= 0.6 is 15.9 Å². The highest BCUT2D eigenvalue weighted by atomic mass is 79.9. The van der Waals surface area contributed by atoms with Crippen molar-refractivity contribution in [1.29, 1.82) is 0 Å². The summed E-state index contributed by atoms with van der Waals surface area (Å²) in [6.07, 6.45) is 0. The maximum absolute atomic E-state index is 4.24.